The van der Waals surface area contributed by atoms with Gasteiger partial charge in [0.25, 0.3) is 0 Å². The Morgan fingerprint density at radius 2 is 1.91 bits per heavy atom. The number of halogens is 3. The van der Waals surface area contributed by atoms with Crippen molar-refractivity contribution < 1.29 is 36.2 Å². The number of nitrogens with zero attached hydrogens (tertiary/aromatic N) is 3. The number of benzene rings is 2. The van der Waals surface area contributed by atoms with Gasteiger partial charge in [-0.1, -0.05) is 6.92 Å². The Kier molecular flexibility index (Phi) is 6.06. The molecule has 1 aliphatic heterocycles. The van der Waals surface area contributed by atoms with Crippen LogP contribution in [0.15, 0.2) is 47.4 Å². The van der Waals surface area contributed by atoms with Crippen molar-refractivity contribution in [3.8, 4) is 5.75 Å². The second-order valence-corrected chi connectivity index (χ2v) is 9.78. The molecule has 1 saturated heterocycles. The number of alkyl halides is 2. The Hall–Kier alpha value is -3.12. The van der Waals surface area contributed by atoms with E-state index in [0.717, 1.165) is 12.1 Å². The lowest BCUT2D eigenvalue weighted by Crippen LogP contribution is -2.29. The zero-order chi connectivity index (χ0) is 23.9. The molecule has 0 spiro atoms. The van der Waals surface area contributed by atoms with Crippen LogP contribution in [0.2, 0.25) is 0 Å². The molecule has 0 bridgehead atoms. The van der Waals surface area contributed by atoms with E-state index in [-0.39, 0.29) is 41.8 Å². The van der Waals surface area contributed by atoms with Gasteiger partial charge in [-0.2, -0.15) is 18.2 Å². The largest absolute Gasteiger partial charge is 0.481 e. The van der Waals surface area contributed by atoms with Crippen LogP contribution >= 0.6 is 0 Å². The minimum absolute atomic E-state index is 0.0264. The molecule has 1 N–H and O–H groups in total. The first-order chi connectivity index (χ1) is 15.6. The van der Waals surface area contributed by atoms with Gasteiger partial charge in [-0.15, -0.1) is 0 Å². The molecule has 0 aliphatic carbocycles. The van der Waals surface area contributed by atoms with Crippen LogP contribution in [0, 0.1) is 11.7 Å². The molecule has 176 valence electrons. The molecule has 12 heteroatoms. The van der Waals surface area contributed by atoms with Crippen LogP contribution < -0.4 is 4.74 Å². The Morgan fingerprint density at radius 1 is 1.21 bits per heavy atom. The summed E-state index contributed by atoms with van der Waals surface area (Å²) in [5.41, 5.74) is 0.650. The molecule has 1 fully saturated rings. The van der Waals surface area contributed by atoms with E-state index in [9.17, 15) is 31.5 Å². The molecular weight excluding hydrogens is 463 g/mol. The number of ether oxygens (including phenoxy) is 1. The molecule has 3 aromatic rings. The number of fused-ring (bicyclic) bond motifs is 1. The predicted molar refractivity (Wildman–Crippen MR) is 111 cm³/mol. The van der Waals surface area contributed by atoms with Gasteiger partial charge in [0.2, 0.25) is 10.0 Å². The highest BCUT2D eigenvalue weighted by Crippen LogP contribution is 2.35. The van der Waals surface area contributed by atoms with Gasteiger partial charge in [-0.25, -0.2) is 12.8 Å². The van der Waals surface area contributed by atoms with Crippen LogP contribution in [0.5, 0.6) is 5.75 Å². The topological polar surface area (TPSA) is 102 Å². The first-order valence-corrected chi connectivity index (χ1v) is 11.4. The van der Waals surface area contributed by atoms with Crippen LogP contribution in [0.25, 0.3) is 10.9 Å². The maximum Gasteiger partial charge on any atom is 0.387 e. The van der Waals surface area contributed by atoms with Crippen LogP contribution in [-0.2, 0) is 21.2 Å². The number of carboxylic acids is 1. The molecule has 0 amide bonds. The molecule has 0 radical (unpaired) electrons. The van der Waals surface area contributed by atoms with Crippen molar-refractivity contribution in [2.24, 2.45) is 5.92 Å². The van der Waals surface area contributed by atoms with Crippen LogP contribution in [-0.4, -0.2) is 53.3 Å². The van der Waals surface area contributed by atoms with Gasteiger partial charge in [0.05, 0.1) is 28.6 Å². The SMILES string of the molecule is C[C@@H]1CN(S(=O)(=O)c2ccc(OC(F)F)cc2)C[C@@H]1n1nc(CC(=O)O)c2ccc(F)cc21. The number of hydrogen-bond donors (Lipinski definition) is 1. The van der Waals surface area contributed by atoms with E-state index in [0.29, 0.717) is 10.9 Å². The monoisotopic (exact) mass is 483 g/mol. The molecule has 33 heavy (non-hydrogen) atoms. The van der Waals surface area contributed by atoms with Crippen molar-refractivity contribution in [1.29, 1.82) is 0 Å². The maximum absolute atomic E-state index is 14.0. The highest BCUT2D eigenvalue weighted by molar-refractivity contribution is 7.89. The molecule has 2 heterocycles. The summed E-state index contributed by atoms with van der Waals surface area (Å²) in [6, 6.07) is 8.14. The number of carboxylic acid groups (broad SMARTS) is 1. The minimum atomic E-state index is -3.95. The Morgan fingerprint density at radius 3 is 2.55 bits per heavy atom. The van der Waals surface area contributed by atoms with Crippen molar-refractivity contribution in [1.82, 2.24) is 14.1 Å². The van der Waals surface area contributed by atoms with Gasteiger partial charge in [-0.05, 0) is 48.4 Å². The summed E-state index contributed by atoms with van der Waals surface area (Å²) in [4.78, 5) is 11.2. The molecule has 2 atom stereocenters. The first-order valence-electron chi connectivity index (χ1n) is 9.99. The van der Waals surface area contributed by atoms with E-state index in [1.165, 1.54) is 39.3 Å². The molecule has 0 saturated carbocycles. The normalized spacial score (nSPS) is 19.4. The standard InChI is InChI=1S/C21H20F3N3O5S/c1-12-10-26(33(30,31)15-5-3-14(4-6-15)32-21(23)24)11-19(12)27-18-8-13(22)2-7-16(18)17(25-27)9-20(28)29/h2-8,12,19,21H,9-11H2,1H3,(H,28,29)/t12-,19+/m1/s1. The van der Waals surface area contributed by atoms with Gasteiger partial charge < -0.3 is 9.84 Å². The van der Waals surface area contributed by atoms with E-state index < -0.39 is 34.5 Å². The van der Waals surface area contributed by atoms with Gasteiger partial charge in [-0.3, -0.25) is 9.48 Å². The zero-order valence-corrected chi connectivity index (χ0v) is 18.2. The third-order valence-electron chi connectivity index (χ3n) is 5.60. The summed E-state index contributed by atoms with van der Waals surface area (Å²) in [6.07, 6.45) is -0.356. The van der Waals surface area contributed by atoms with E-state index in [1.54, 1.807) is 0 Å². The molecule has 8 nitrogen and oxygen atoms in total. The van der Waals surface area contributed by atoms with Crippen LogP contribution in [0.3, 0.4) is 0 Å². The Bertz CT molecular complexity index is 1290. The van der Waals surface area contributed by atoms with Gasteiger partial charge in [0.1, 0.15) is 11.6 Å². The average Bonchev–Trinajstić information content (AvgIpc) is 3.28. The van der Waals surface area contributed by atoms with E-state index in [2.05, 4.69) is 9.84 Å². The minimum Gasteiger partial charge on any atom is -0.481 e. The van der Waals surface area contributed by atoms with Crippen molar-refractivity contribution in [3.63, 3.8) is 0 Å². The van der Waals surface area contributed by atoms with Gasteiger partial charge in [0, 0.05) is 18.5 Å². The predicted octanol–water partition coefficient (Wildman–Crippen LogP) is 3.29. The number of sulfonamides is 1. The fourth-order valence-corrected chi connectivity index (χ4v) is 5.62. The highest BCUT2D eigenvalue weighted by atomic mass is 32.2. The Labute approximate surface area is 187 Å². The summed E-state index contributed by atoms with van der Waals surface area (Å²) >= 11 is 0. The third-order valence-corrected chi connectivity index (χ3v) is 7.45. The summed E-state index contributed by atoms with van der Waals surface area (Å²) in [5, 5.41) is 14.1. The highest BCUT2D eigenvalue weighted by Gasteiger charge is 2.39. The van der Waals surface area contributed by atoms with Crippen LogP contribution in [0.1, 0.15) is 18.7 Å². The van der Waals surface area contributed by atoms with Gasteiger partial charge in [0.15, 0.2) is 0 Å². The number of aliphatic carboxylic acids is 1. The van der Waals surface area contributed by atoms with Crippen molar-refractivity contribution >= 4 is 26.9 Å². The maximum atomic E-state index is 14.0. The quantitative estimate of drug-likeness (QED) is 0.554. The molecular formula is C21H20F3N3O5S. The lowest BCUT2D eigenvalue weighted by Gasteiger charge is -2.18. The number of hydrogen-bond acceptors (Lipinski definition) is 5. The van der Waals surface area contributed by atoms with Crippen molar-refractivity contribution in [3.05, 3.63) is 54.0 Å². The summed E-state index contributed by atoms with van der Waals surface area (Å²) in [7, 11) is -3.95. The fraction of sp³-hybridized carbons (Fsp3) is 0.333. The summed E-state index contributed by atoms with van der Waals surface area (Å²) in [6.45, 7) is -1.03. The number of carbonyl (C=O) groups is 1. The van der Waals surface area contributed by atoms with E-state index in [1.807, 2.05) is 6.92 Å². The smallest absolute Gasteiger partial charge is 0.387 e. The summed E-state index contributed by atoms with van der Waals surface area (Å²) < 4.78 is 71.9. The molecule has 2 aromatic carbocycles. The number of rotatable bonds is 7. The lowest BCUT2D eigenvalue weighted by atomic mass is 10.1. The number of aromatic nitrogens is 2. The summed E-state index contributed by atoms with van der Waals surface area (Å²) in [5.74, 6) is -1.99. The van der Waals surface area contributed by atoms with E-state index in [4.69, 9.17) is 0 Å². The van der Waals surface area contributed by atoms with Crippen LogP contribution in [0.4, 0.5) is 13.2 Å². The molecule has 4 rings (SSSR count). The van der Waals surface area contributed by atoms with Crippen molar-refractivity contribution in [2.75, 3.05) is 13.1 Å². The van der Waals surface area contributed by atoms with Gasteiger partial charge >= 0.3 is 12.6 Å². The Balaban J connectivity index is 1.64. The fourth-order valence-electron chi connectivity index (χ4n) is 4.07. The molecule has 1 aliphatic rings. The second kappa shape index (κ2) is 8.67. The first kappa shape index (κ1) is 23.1. The molecule has 1 aromatic heterocycles. The lowest BCUT2D eigenvalue weighted by molar-refractivity contribution is -0.136. The zero-order valence-electron chi connectivity index (χ0n) is 17.4. The third kappa shape index (κ3) is 4.53. The van der Waals surface area contributed by atoms with E-state index >= 15 is 0 Å². The average molecular weight is 483 g/mol. The second-order valence-electron chi connectivity index (χ2n) is 7.84. The molecule has 0 unspecified atom stereocenters. The van der Waals surface area contributed by atoms with Crippen molar-refractivity contribution in [2.45, 2.75) is 30.9 Å².